The van der Waals surface area contributed by atoms with Crippen LogP contribution in [-0.4, -0.2) is 10.1 Å². The SMILES string of the molecule is CC1(C)Cc2nc(CSc3cccc(Br)c3)sc2C(O)C1. The molecule has 2 nitrogen and oxygen atoms in total. The van der Waals surface area contributed by atoms with Crippen molar-refractivity contribution >= 4 is 39.0 Å². The van der Waals surface area contributed by atoms with Gasteiger partial charge < -0.3 is 5.11 Å². The third kappa shape index (κ3) is 3.70. The number of nitrogens with zero attached hydrogens (tertiary/aromatic N) is 1. The molecular weight excluding hydrogens is 366 g/mol. The Kier molecular flexibility index (Phi) is 4.46. The summed E-state index contributed by atoms with van der Waals surface area (Å²) in [6.45, 7) is 4.41. The maximum atomic E-state index is 10.3. The molecule has 0 amide bonds. The second-order valence-electron chi connectivity index (χ2n) is 6.23. The summed E-state index contributed by atoms with van der Waals surface area (Å²) in [5.74, 6) is 0.862. The summed E-state index contributed by atoms with van der Waals surface area (Å²) in [7, 11) is 0. The van der Waals surface area contributed by atoms with Crippen molar-refractivity contribution in [3.63, 3.8) is 0 Å². The fourth-order valence-corrected chi connectivity index (χ4v) is 5.27. The Morgan fingerprint density at radius 3 is 3.05 bits per heavy atom. The molecule has 0 saturated carbocycles. The van der Waals surface area contributed by atoms with Gasteiger partial charge in [0.15, 0.2) is 0 Å². The number of thiazole rings is 1. The molecule has 0 saturated heterocycles. The average molecular weight is 384 g/mol. The van der Waals surface area contributed by atoms with Crippen molar-refractivity contribution in [2.24, 2.45) is 5.41 Å². The fraction of sp³-hybridized carbons (Fsp3) is 0.438. The van der Waals surface area contributed by atoms with Crippen LogP contribution in [0.1, 0.15) is 42.0 Å². The summed E-state index contributed by atoms with van der Waals surface area (Å²) in [6, 6.07) is 8.31. The first-order valence-electron chi connectivity index (χ1n) is 6.98. The number of thioether (sulfide) groups is 1. The molecule has 2 aromatic rings. The van der Waals surface area contributed by atoms with E-state index in [1.165, 1.54) is 4.90 Å². The minimum Gasteiger partial charge on any atom is -0.387 e. The lowest BCUT2D eigenvalue weighted by atomic mass is 9.77. The Balaban J connectivity index is 1.73. The van der Waals surface area contributed by atoms with E-state index in [0.717, 1.165) is 38.6 Å². The molecule has 1 aliphatic carbocycles. The highest BCUT2D eigenvalue weighted by Crippen LogP contribution is 2.43. The van der Waals surface area contributed by atoms with Crippen LogP contribution in [-0.2, 0) is 12.2 Å². The Hall–Kier alpha value is -0.360. The number of rotatable bonds is 3. The van der Waals surface area contributed by atoms with Crippen molar-refractivity contribution in [3.05, 3.63) is 44.3 Å². The topological polar surface area (TPSA) is 33.1 Å². The molecule has 0 radical (unpaired) electrons. The Morgan fingerprint density at radius 1 is 1.48 bits per heavy atom. The number of hydrogen-bond acceptors (Lipinski definition) is 4. The Morgan fingerprint density at radius 2 is 2.29 bits per heavy atom. The van der Waals surface area contributed by atoms with E-state index in [2.05, 4.69) is 41.9 Å². The van der Waals surface area contributed by atoms with Gasteiger partial charge in [-0.3, -0.25) is 0 Å². The highest BCUT2D eigenvalue weighted by molar-refractivity contribution is 9.10. The van der Waals surface area contributed by atoms with E-state index in [1.807, 2.05) is 12.1 Å². The molecule has 112 valence electrons. The molecule has 1 aromatic heterocycles. The van der Waals surface area contributed by atoms with E-state index in [1.54, 1.807) is 23.1 Å². The average Bonchev–Trinajstić information content (AvgIpc) is 2.78. The normalized spacial score (nSPS) is 20.3. The minimum atomic E-state index is -0.342. The predicted octanol–water partition coefficient (Wildman–Crippen LogP) is 5.20. The molecule has 0 aliphatic heterocycles. The predicted molar refractivity (Wildman–Crippen MR) is 92.9 cm³/mol. The quantitative estimate of drug-likeness (QED) is 0.738. The molecule has 1 unspecified atom stereocenters. The second-order valence-corrected chi connectivity index (χ2v) is 9.31. The minimum absolute atomic E-state index is 0.148. The van der Waals surface area contributed by atoms with Crippen LogP contribution in [0.3, 0.4) is 0 Å². The summed E-state index contributed by atoms with van der Waals surface area (Å²) in [5, 5.41) is 11.4. The van der Waals surface area contributed by atoms with Gasteiger partial charge in [0.25, 0.3) is 0 Å². The molecule has 3 rings (SSSR count). The van der Waals surface area contributed by atoms with Crippen LogP contribution >= 0.6 is 39.0 Å². The number of hydrogen-bond donors (Lipinski definition) is 1. The van der Waals surface area contributed by atoms with Crippen molar-refractivity contribution in [1.29, 1.82) is 0 Å². The number of aliphatic hydroxyl groups is 1. The molecule has 0 bridgehead atoms. The summed E-state index contributed by atoms with van der Waals surface area (Å²) < 4.78 is 1.10. The monoisotopic (exact) mass is 383 g/mol. The zero-order valence-electron chi connectivity index (χ0n) is 12.1. The standard InChI is InChI=1S/C16H18BrNOS2/c1-16(2)7-12-15(13(19)8-16)21-14(18-12)9-20-11-5-3-4-10(17)6-11/h3-6,13,19H,7-9H2,1-2H3. The molecule has 1 atom stereocenters. The van der Waals surface area contributed by atoms with Crippen molar-refractivity contribution in [2.75, 3.05) is 0 Å². The molecule has 1 heterocycles. The zero-order chi connectivity index (χ0) is 15.0. The zero-order valence-corrected chi connectivity index (χ0v) is 15.3. The largest absolute Gasteiger partial charge is 0.387 e. The van der Waals surface area contributed by atoms with Gasteiger partial charge in [-0.1, -0.05) is 35.8 Å². The van der Waals surface area contributed by atoms with Crippen LogP contribution in [0, 0.1) is 5.41 Å². The first kappa shape index (κ1) is 15.5. The van der Waals surface area contributed by atoms with Gasteiger partial charge in [0, 0.05) is 9.37 Å². The molecule has 5 heteroatoms. The molecule has 0 spiro atoms. The van der Waals surface area contributed by atoms with Crippen molar-refractivity contribution in [2.45, 2.75) is 43.4 Å². The van der Waals surface area contributed by atoms with E-state index >= 15 is 0 Å². The lowest BCUT2D eigenvalue weighted by Gasteiger charge is -2.31. The van der Waals surface area contributed by atoms with Crippen LogP contribution in [0.4, 0.5) is 0 Å². The third-order valence-electron chi connectivity index (χ3n) is 3.62. The van der Waals surface area contributed by atoms with E-state index in [-0.39, 0.29) is 11.5 Å². The second kappa shape index (κ2) is 6.03. The van der Waals surface area contributed by atoms with E-state index in [9.17, 15) is 5.11 Å². The first-order chi connectivity index (χ1) is 9.93. The maximum Gasteiger partial charge on any atom is 0.103 e. The number of benzene rings is 1. The smallest absolute Gasteiger partial charge is 0.103 e. The molecular formula is C16H18BrNOS2. The van der Waals surface area contributed by atoms with Gasteiger partial charge in [0.1, 0.15) is 5.01 Å². The highest BCUT2D eigenvalue weighted by Gasteiger charge is 2.33. The molecule has 21 heavy (non-hydrogen) atoms. The van der Waals surface area contributed by atoms with Crippen LogP contribution in [0.15, 0.2) is 33.6 Å². The van der Waals surface area contributed by atoms with Crippen molar-refractivity contribution in [3.8, 4) is 0 Å². The summed E-state index contributed by atoms with van der Waals surface area (Å²) in [6.07, 6.45) is 1.46. The van der Waals surface area contributed by atoms with Gasteiger partial charge >= 0.3 is 0 Å². The number of fused-ring (bicyclic) bond motifs is 1. The van der Waals surface area contributed by atoms with E-state index in [0.29, 0.717) is 0 Å². The summed E-state index contributed by atoms with van der Waals surface area (Å²) >= 11 is 6.96. The van der Waals surface area contributed by atoms with Crippen LogP contribution in [0.5, 0.6) is 0 Å². The number of aromatic nitrogens is 1. The Bertz CT molecular complexity index is 653. The van der Waals surface area contributed by atoms with Gasteiger partial charge in [-0.15, -0.1) is 23.1 Å². The summed E-state index contributed by atoms with van der Waals surface area (Å²) in [4.78, 5) is 7.08. The van der Waals surface area contributed by atoms with E-state index < -0.39 is 0 Å². The molecule has 1 aromatic carbocycles. The van der Waals surface area contributed by atoms with Crippen molar-refractivity contribution < 1.29 is 5.11 Å². The third-order valence-corrected chi connectivity index (χ3v) is 6.50. The van der Waals surface area contributed by atoms with Gasteiger partial charge in [-0.25, -0.2) is 4.98 Å². The molecule has 0 fully saturated rings. The first-order valence-corrected chi connectivity index (χ1v) is 9.57. The lowest BCUT2D eigenvalue weighted by molar-refractivity contribution is 0.102. The van der Waals surface area contributed by atoms with Gasteiger partial charge in [-0.2, -0.15) is 0 Å². The fourth-order valence-electron chi connectivity index (χ4n) is 2.71. The molecule has 1 N–H and O–H groups in total. The van der Waals surface area contributed by atoms with Crippen LogP contribution in [0.25, 0.3) is 0 Å². The molecule has 1 aliphatic rings. The van der Waals surface area contributed by atoms with E-state index in [4.69, 9.17) is 4.98 Å². The van der Waals surface area contributed by atoms with Crippen LogP contribution < -0.4 is 0 Å². The number of aliphatic hydroxyl groups excluding tert-OH is 1. The maximum absolute atomic E-state index is 10.3. The highest BCUT2D eigenvalue weighted by atomic mass is 79.9. The van der Waals surface area contributed by atoms with Gasteiger partial charge in [0.2, 0.25) is 0 Å². The van der Waals surface area contributed by atoms with Gasteiger partial charge in [0.05, 0.1) is 22.4 Å². The van der Waals surface area contributed by atoms with Gasteiger partial charge in [-0.05, 0) is 36.5 Å². The Labute approximate surface area is 142 Å². The van der Waals surface area contributed by atoms with Crippen LogP contribution in [0.2, 0.25) is 0 Å². The summed E-state index contributed by atoms with van der Waals surface area (Å²) in [5.41, 5.74) is 1.25. The lowest BCUT2D eigenvalue weighted by Crippen LogP contribution is -2.24. The number of halogens is 1. The van der Waals surface area contributed by atoms with Crippen molar-refractivity contribution in [1.82, 2.24) is 4.98 Å².